The van der Waals surface area contributed by atoms with Crippen LogP contribution in [0.4, 0.5) is 0 Å². The van der Waals surface area contributed by atoms with Crippen LogP contribution in [-0.2, 0) is 4.74 Å². The van der Waals surface area contributed by atoms with Gasteiger partial charge in [0.2, 0.25) is 0 Å². The van der Waals surface area contributed by atoms with Gasteiger partial charge in [-0.25, -0.2) is 0 Å². The van der Waals surface area contributed by atoms with Crippen molar-refractivity contribution in [2.45, 2.75) is 12.8 Å². The summed E-state index contributed by atoms with van der Waals surface area (Å²) in [7, 11) is 0. The van der Waals surface area contributed by atoms with Crippen LogP contribution < -0.4 is 5.32 Å². The Kier molecular flexibility index (Phi) is 3.40. The van der Waals surface area contributed by atoms with Crippen molar-refractivity contribution in [1.29, 1.82) is 0 Å². The van der Waals surface area contributed by atoms with E-state index in [9.17, 15) is 4.79 Å². The topological polar surface area (TPSA) is 51.5 Å². The SMILES string of the molecule is O=C(NCC[C@@H]1CCOC1)c1ccoc1. The third-order valence-electron chi connectivity index (χ3n) is 2.65. The van der Waals surface area contributed by atoms with Gasteiger partial charge >= 0.3 is 0 Å². The molecule has 0 aliphatic carbocycles. The highest BCUT2D eigenvalue weighted by Gasteiger charge is 2.15. The standard InChI is InChI=1S/C11H15NO3/c13-11(10-3-6-15-8-10)12-4-1-9-2-5-14-7-9/h3,6,8-9H,1-2,4-5,7H2,(H,12,13)/t9-/m1/s1. The van der Waals surface area contributed by atoms with E-state index < -0.39 is 0 Å². The summed E-state index contributed by atoms with van der Waals surface area (Å²) in [6.07, 6.45) is 5.05. The maximum atomic E-state index is 11.5. The van der Waals surface area contributed by atoms with E-state index in [1.807, 2.05) is 0 Å². The lowest BCUT2D eigenvalue weighted by molar-refractivity contribution is 0.0950. The van der Waals surface area contributed by atoms with Crippen molar-refractivity contribution >= 4 is 5.91 Å². The molecule has 0 unspecified atom stereocenters. The molecular formula is C11H15NO3. The van der Waals surface area contributed by atoms with Gasteiger partial charge in [0, 0.05) is 19.8 Å². The van der Waals surface area contributed by atoms with E-state index in [0.29, 0.717) is 18.0 Å². The summed E-state index contributed by atoms with van der Waals surface area (Å²) in [6, 6.07) is 1.66. The largest absolute Gasteiger partial charge is 0.472 e. The summed E-state index contributed by atoms with van der Waals surface area (Å²) in [5, 5.41) is 2.86. The second-order valence-corrected chi connectivity index (χ2v) is 3.79. The Morgan fingerprint density at radius 3 is 3.20 bits per heavy atom. The van der Waals surface area contributed by atoms with E-state index in [1.165, 1.54) is 12.5 Å². The fourth-order valence-corrected chi connectivity index (χ4v) is 1.70. The van der Waals surface area contributed by atoms with Crippen molar-refractivity contribution in [1.82, 2.24) is 5.32 Å². The number of rotatable bonds is 4. The molecular weight excluding hydrogens is 194 g/mol. The minimum absolute atomic E-state index is 0.0670. The van der Waals surface area contributed by atoms with Gasteiger partial charge in [-0.15, -0.1) is 0 Å². The second-order valence-electron chi connectivity index (χ2n) is 3.79. The van der Waals surface area contributed by atoms with Crippen LogP contribution in [0.2, 0.25) is 0 Å². The first-order valence-electron chi connectivity index (χ1n) is 5.24. The van der Waals surface area contributed by atoms with Crippen molar-refractivity contribution in [2.24, 2.45) is 5.92 Å². The smallest absolute Gasteiger partial charge is 0.254 e. The molecule has 0 aromatic carbocycles. The molecule has 4 heteroatoms. The van der Waals surface area contributed by atoms with Crippen LogP contribution in [0.1, 0.15) is 23.2 Å². The maximum Gasteiger partial charge on any atom is 0.254 e. The average Bonchev–Trinajstić information content (AvgIpc) is 2.90. The first kappa shape index (κ1) is 10.2. The van der Waals surface area contributed by atoms with Gasteiger partial charge in [0.25, 0.3) is 5.91 Å². The summed E-state index contributed by atoms with van der Waals surface area (Å²) in [4.78, 5) is 11.5. The van der Waals surface area contributed by atoms with Crippen LogP contribution in [0, 0.1) is 5.92 Å². The van der Waals surface area contributed by atoms with Crippen molar-refractivity contribution in [2.75, 3.05) is 19.8 Å². The van der Waals surface area contributed by atoms with E-state index in [2.05, 4.69) is 5.32 Å². The lowest BCUT2D eigenvalue weighted by Crippen LogP contribution is -2.25. The second kappa shape index (κ2) is 4.98. The van der Waals surface area contributed by atoms with Gasteiger partial charge < -0.3 is 14.5 Å². The molecule has 4 nitrogen and oxygen atoms in total. The number of amides is 1. The Morgan fingerprint density at radius 2 is 2.53 bits per heavy atom. The summed E-state index contributed by atoms with van der Waals surface area (Å²) in [5.74, 6) is 0.539. The Hall–Kier alpha value is -1.29. The van der Waals surface area contributed by atoms with E-state index in [1.54, 1.807) is 6.07 Å². The molecule has 0 radical (unpaired) electrons. The number of nitrogens with one attached hydrogen (secondary N) is 1. The average molecular weight is 209 g/mol. The van der Waals surface area contributed by atoms with Gasteiger partial charge in [-0.3, -0.25) is 4.79 Å². The normalized spacial score (nSPS) is 20.4. The van der Waals surface area contributed by atoms with Crippen LogP contribution in [0.5, 0.6) is 0 Å². The molecule has 1 aliphatic heterocycles. The fraction of sp³-hybridized carbons (Fsp3) is 0.545. The maximum absolute atomic E-state index is 11.5. The van der Waals surface area contributed by atoms with Gasteiger partial charge in [-0.2, -0.15) is 0 Å². The van der Waals surface area contributed by atoms with E-state index in [0.717, 1.165) is 26.1 Å². The molecule has 15 heavy (non-hydrogen) atoms. The third kappa shape index (κ3) is 2.83. The molecule has 2 rings (SSSR count). The first-order chi connectivity index (χ1) is 7.36. The Labute approximate surface area is 88.6 Å². The van der Waals surface area contributed by atoms with Crippen LogP contribution >= 0.6 is 0 Å². The van der Waals surface area contributed by atoms with E-state index in [-0.39, 0.29) is 5.91 Å². The molecule has 1 aromatic rings. The molecule has 1 atom stereocenters. The van der Waals surface area contributed by atoms with Gasteiger partial charge in [0.15, 0.2) is 0 Å². The molecule has 2 heterocycles. The fourth-order valence-electron chi connectivity index (χ4n) is 1.70. The van der Waals surface area contributed by atoms with Crippen molar-refractivity contribution < 1.29 is 13.9 Å². The highest BCUT2D eigenvalue weighted by molar-refractivity contribution is 5.93. The third-order valence-corrected chi connectivity index (χ3v) is 2.65. The summed E-state index contributed by atoms with van der Waals surface area (Å²) < 4.78 is 10.1. The molecule has 1 fully saturated rings. The quantitative estimate of drug-likeness (QED) is 0.816. The molecule has 0 spiro atoms. The van der Waals surface area contributed by atoms with Gasteiger partial charge in [-0.05, 0) is 24.8 Å². The van der Waals surface area contributed by atoms with Gasteiger partial charge in [-0.1, -0.05) is 0 Å². The molecule has 1 aromatic heterocycles. The van der Waals surface area contributed by atoms with Crippen molar-refractivity contribution in [3.63, 3.8) is 0 Å². The lowest BCUT2D eigenvalue weighted by atomic mass is 10.1. The Balaban J connectivity index is 1.67. The number of furan rings is 1. The minimum atomic E-state index is -0.0670. The molecule has 1 amide bonds. The lowest BCUT2D eigenvalue weighted by Gasteiger charge is -2.07. The molecule has 1 aliphatic rings. The molecule has 1 N–H and O–H groups in total. The minimum Gasteiger partial charge on any atom is -0.472 e. The Morgan fingerprint density at radius 1 is 1.60 bits per heavy atom. The number of ether oxygens (including phenoxy) is 1. The Bertz CT molecular complexity index is 302. The monoisotopic (exact) mass is 209 g/mol. The zero-order chi connectivity index (χ0) is 10.5. The number of hydrogen-bond acceptors (Lipinski definition) is 3. The van der Waals surface area contributed by atoms with Crippen molar-refractivity contribution in [3.05, 3.63) is 24.2 Å². The highest BCUT2D eigenvalue weighted by Crippen LogP contribution is 2.15. The highest BCUT2D eigenvalue weighted by atomic mass is 16.5. The molecule has 0 bridgehead atoms. The number of carbonyl (C=O) groups is 1. The molecule has 1 saturated heterocycles. The number of carbonyl (C=O) groups excluding carboxylic acids is 1. The summed E-state index contributed by atoms with van der Waals surface area (Å²) >= 11 is 0. The first-order valence-corrected chi connectivity index (χ1v) is 5.24. The zero-order valence-corrected chi connectivity index (χ0v) is 8.57. The van der Waals surface area contributed by atoms with Crippen LogP contribution in [0.3, 0.4) is 0 Å². The van der Waals surface area contributed by atoms with Crippen molar-refractivity contribution in [3.8, 4) is 0 Å². The summed E-state index contributed by atoms with van der Waals surface area (Å²) in [6.45, 7) is 2.40. The van der Waals surface area contributed by atoms with Crippen LogP contribution in [0.15, 0.2) is 23.0 Å². The predicted molar refractivity (Wildman–Crippen MR) is 54.6 cm³/mol. The number of hydrogen-bond donors (Lipinski definition) is 1. The van der Waals surface area contributed by atoms with Crippen LogP contribution in [-0.4, -0.2) is 25.7 Å². The van der Waals surface area contributed by atoms with E-state index in [4.69, 9.17) is 9.15 Å². The predicted octanol–water partition coefficient (Wildman–Crippen LogP) is 1.44. The van der Waals surface area contributed by atoms with E-state index >= 15 is 0 Å². The van der Waals surface area contributed by atoms with Crippen LogP contribution in [0.25, 0.3) is 0 Å². The zero-order valence-electron chi connectivity index (χ0n) is 8.57. The van der Waals surface area contributed by atoms with Gasteiger partial charge in [0.1, 0.15) is 6.26 Å². The molecule has 0 saturated carbocycles. The summed E-state index contributed by atoms with van der Waals surface area (Å²) in [5.41, 5.74) is 0.581. The van der Waals surface area contributed by atoms with Gasteiger partial charge in [0.05, 0.1) is 11.8 Å². The molecule has 82 valence electrons.